The molecule has 2 aromatic rings. The minimum absolute atomic E-state index is 0.0355. The number of hydrogen-bond acceptors (Lipinski definition) is 7. The Morgan fingerprint density at radius 2 is 2.18 bits per heavy atom. The van der Waals surface area contributed by atoms with E-state index < -0.39 is 22.0 Å². The Bertz CT molecular complexity index is 733. The second-order valence-electron chi connectivity index (χ2n) is 4.69. The molecule has 10 heteroatoms. The van der Waals surface area contributed by atoms with Crippen molar-refractivity contribution in [2.45, 2.75) is 38.3 Å². The van der Waals surface area contributed by atoms with Gasteiger partial charge in [-0.15, -0.1) is 11.3 Å². The Balaban J connectivity index is 2.01. The monoisotopic (exact) mass is 344 g/mol. The molecule has 0 radical (unpaired) electrons. The van der Waals surface area contributed by atoms with Crippen LogP contribution in [-0.2, 0) is 21.4 Å². The molecule has 2 rings (SSSR count). The highest BCUT2D eigenvalue weighted by Gasteiger charge is 2.28. The minimum atomic E-state index is -3.88. The zero-order chi connectivity index (χ0) is 16.3. The van der Waals surface area contributed by atoms with Crippen LogP contribution in [-0.4, -0.2) is 30.5 Å². The highest BCUT2D eigenvalue weighted by Crippen LogP contribution is 2.18. The average Bonchev–Trinajstić information content (AvgIpc) is 3.05. The van der Waals surface area contributed by atoms with Crippen molar-refractivity contribution < 1.29 is 17.7 Å². The topological polar surface area (TPSA) is 114 Å². The van der Waals surface area contributed by atoms with E-state index in [-0.39, 0.29) is 22.9 Å². The molecule has 22 heavy (non-hydrogen) atoms. The van der Waals surface area contributed by atoms with Crippen molar-refractivity contribution in [2.24, 2.45) is 0 Å². The summed E-state index contributed by atoms with van der Waals surface area (Å²) in [6.07, 6.45) is 0. The molecule has 0 spiro atoms. The van der Waals surface area contributed by atoms with Crippen LogP contribution in [0.2, 0.25) is 0 Å². The van der Waals surface area contributed by atoms with Gasteiger partial charge >= 0.3 is 0 Å². The third kappa shape index (κ3) is 3.70. The molecule has 120 valence electrons. The van der Waals surface area contributed by atoms with Crippen LogP contribution in [0.4, 0.5) is 0 Å². The van der Waals surface area contributed by atoms with Crippen LogP contribution in [0.5, 0.6) is 0 Å². The molecule has 0 aliphatic carbocycles. The first-order valence-electron chi connectivity index (χ1n) is 6.41. The predicted molar refractivity (Wildman–Crippen MR) is 79.7 cm³/mol. The zero-order valence-corrected chi connectivity index (χ0v) is 13.9. The molecule has 8 nitrogen and oxygen atoms in total. The first-order valence-corrected chi connectivity index (χ1v) is 8.84. The molecule has 0 fully saturated rings. The summed E-state index contributed by atoms with van der Waals surface area (Å²) < 4.78 is 31.7. The van der Waals surface area contributed by atoms with Crippen LogP contribution in [0.3, 0.4) is 0 Å². The first kappa shape index (κ1) is 16.6. The number of rotatable bonds is 6. The molecule has 1 atom stereocenters. The SMILES string of the molecule is Cc1noc(C)c1S(=O)(=O)N[C@@H](C)C(=O)NCc1cscn1. The van der Waals surface area contributed by atoms with Crippen LogP contribution in [0.15, 0.2) is 20.3 Å². The second kappa shape index (κ2) is 6.55. The predicted octanol–water partition coefficient (Wildman–Crippen LogP) is 0.731. The molecular weight excluding hydrogens is 328 g/mol. The summed E-state index contributed by atoms with van der Waals surface area (Å²) in [5.41, 5.74) is 2.63. The number of carbonyl (C=O) groups is 1. The molecule has 0 saturated carbocycles. The van der Waals surface area contributed by atoms with Gasteiger partial charge in [-0.3, -0.25) is 4.79 Å². The zero-order valence-electron chi connectivity index (χ0n) is 12.3. The van der Waals surface area contributed by atoms with Gasteiger partial charge in [-0.25, -0.2) is 13.4 Å². The van der Waals surface area contributed by atoms with Crippen LogP contribution < -0.4 is 10.0 Å². The number of nitrogens with one attached hydrogen (secondary N) is 2. The maximum Gasteiger partial charge on any atom is 0.246 e. The summed E-state index contributed by atoms with van der Waals surface area (Å²) in [6.45, 7) is 4.74. The summed E-state index contributed by atoms with van der Waals surface area (Å²) in [4.78, 5) is 15.9. The van der Waals surface area contributed by atoms with E-state index in [1.807, 2.05) is 0 Å². The molecule has 0 bridgehead atoms. The smallest absolute Gasteiger partial charge is 0.246 e. The maximum absolute atomic E-state index is 12.3. The maximum atomic E-state index is 12.3. The number of sulfonamides is 1. The number of amides is 1. The molecule has 0 unspecified atom stereocenters. The van der Waals surface area contributed by atoms with E-state index in [0.29, 0.717) is 0 Å². The van der Waals surface area contributed by atoms with E-state index in [0.717, 1.165) is 5.69 Å². The van der Waals surface area contributed by atoms with Crippen molar-refractivity contribution >= 4 is 27.3 Å². The van der Waals surface area contributed by atoms with Crippen LogP contribution in [0, 0.1) is 13.8 Å². The quantitative estimate of drug-likeness (QED) is 0.798. The van der Waals surface area contributed by atoms with E-state index >= 15 is 0 Å². The van der Waals surface area contributed by atoms with Gasteiger partial charge in [-0.05, 0) is 20.8 Å². The third-order valence-electron chi connectivity index (χ3n) is 2.89. The largest absolute Gasteiger partial charge is 0.360 e. The number of thiazole rings is 1. The Morgan fingerprint density at radius 3 is 2.73 bits per heavy atom. The Labute approximate surface area is 132 Å². The van der Waals surface area contributed by atoms with E-state index in [4.69, 9.17) is 4.52 Å². The lowest BCUT2D eigenvalue weighted by atomic mass is 10.3. The summed E-state index contributed by atoms with van der Waals surface area (Å²) in [5.74, 6) is -0.261. The lowest BCUT2D eigenvalue weighted by Crippen LogP contribution is -2.44. The Morgan fingerprint density at radius 1 is 1.45 bits per heavy atom. The summed E-state index contributed by atoms with van der Waals surface area (Å²) in [5, 5.41) is 8.03. The van der Waals surface area contributed by atoms with Gasteiger partial charge in [0.1, 0.15) is 10.6 Å². The van der Waals surface area contributed by atoms with Crippen molar-refractivity contribution in [3.63, 3.8) is 0 Å². The van der Waals surface area contributed by atoms with Crippen LogP contribution in [0.1, 0.15) is 24.1 Å². The molecular formula is C12H16N4O4S2. The number of aryl methyl sites for hydroxylation is 2. The second-order valence-corrected chi connectivity index (χ2v) is 7.06. The molecule has 2 heterocycles. The van der Waals surface area contributed by atoms with Gasteiger partial charge in [0.05, 0.1) is 23.8 Å². The Hall–Kier alpha value is -1.78. The number of carbonyl (C=O) groups excluding carboxylic acids is 1. The molecule has 0 saturated heterocycles. The molecule has 0 aliphatic heterocycles. The lowest BCUT2D eigenvalue weighted by Gasteiger charge is -2.13. The molecule has 0 aliphatic rings. The van der Waals surface area contributed by atoms with E-state index in [1.165, 1.54) is 32.1 Å². The Kier molecular flexibility index (Phi) is 4.94. The average molecular weight is 344 g/mol. The normalized spacial score (nSPS) is 13.0. The number of hydrogen-bond donors (Lipinski definition) is 2. The van der Waals surface area contributed by atoms with E-state index in [9.17, 15) is 13.2 Å². The van der Waals surface area contributed by atoms with Crippen molar-refractivity contribution in [1.29, 1.82) is 0 Å². The molecule has 2 N–H and O–H groups in total. The lowest BCUT2D eigenvalue weighted by molar-refractivity contribution is -0.122. The molecule has 1 amide bonds. The van der Waals surface area contributed by atoms with Gasteiger partial charge < -0.3 is 9.84 Å². The number of nitrogens with zero attached hydrogens (tertiary/aromatic N) is 2. The van der Waals surface area contributed by atoms with Gasteiger partial charge in [-0.2, -0.15) is 4.72 Å². The van der Waals surface area contributed by atoms with Crippen molar-refractivity contribution in [2.75, 3.05) is 0 Å². The third-order valence-corrected chi connectivity index (χ3v) is 5.31. The fourth-order valence-corrected chi connectivity index (χ4v) is 3.95. The fourth-order valence-electron chi connectivity index (χ4n) is 1.86. The van der Waals surface area contributed by atoms with Crippen molar-refractivity contribution in [3.8, 4) is 0 Å². The number of aromatic nitrogens is 2. The fraction of sp³-hybridized carbons (Fsp3) is 0.417. The summed E-state index contributed by atoms with van der Waals surface area (Å²) >= 11 is 1.42. The first-order chi connectivity index (χ1) is 10.3. The standard InChI is InChI=1S/C12H16N4O4S2/c1-7-11(9(3)20-15-7)22(18,19)16-8(2)12(17)13-4-10-5-21-6-14-10/h5-6,8,16H,4H2,1-3H3,(H,13,17)/t8-/m0/s1. The van der Waals surface area contributed by atoms with Crippen molar-refractivity contribution in [1.82, 2.24) is 20.2 Å². The van der Waals surface area contributed by atoms with Gasteiger partial charge in [0, 0.05) is 5.38 Å². The highest BCUT2D eigenvalue weighted by molar-refractivity contribution is 7.89. The summed E-state index contributed by atoms with van der Waals surface area (Å²) in [6, 6.07) is -0.933. The van der Waals surface area contributed by atoms with Gasteiger partial charge in [0.15, 0.2) is 5.76 Å². The van der Waals surface area contributed by atoms with Gasteiger partial charge in [0.2, 0.25) is 15.9 Å². The van der Waals surface area contributed by atoms with Crippen LogP contribution >= 0.6 is 11.3 Å². The van der Waals surface area contributed by atoms with E-state index in [1.54, 1.807) is 10.9 Å². The van der Waals surface area contributed by atoms with Gasteiger partial charge in [0.25, 0.3) is 0 Å². The summed E-state index contributed by atoms with van der Waals surface area (Å²) in [7, 11) is -3.88. The molecule has 0 aromatic carbocycles. The minimum Gasteiger partial charge on any atom is -0.360 e. The van der Waals surface area contributed by atoms with Crippen LogP contribution in [0.25, 0.3) is 0 Å². The molecule has 2 aromatic heterocycles. The van der Waals surface area contributed by atoms with Gasteiger partial charge in [-0.1, -0.05) is 5.16 Å². The van der Waals surface area contributed by atoms with E-state index in [2.05, 4.69) is 20.2 Å². The highest BCUT2D eigenvalue weighted by atomic mass is 32.2. The van der Waals surface area contributed by atoms with Crippen molar-refractivity contribution in [3.05, 3.63) is 28.0 Å².